The van der Waals surface area contributed by atoms with Crippen LogP contribution in [0.5, 0.6) is 0 Å². The first-order valence-electron chi connectivity index (χ1n) is 8.49. The average molecular weight is 388 g/mol. The zero-order valence-corrected chi connectivity index (χ0v) is 15.9. The number of nitrogens with zero attached hydrogens (tertiary/aromatic N) is 2. The number of hydrogen-bond donors (Lipinski definition) is 1. The molecule has 0 saturated heterocycles. The number of carbonyl (C=O) groups excluding carboxylic acids is 1. The van der Waals surface area contributed by atoms with Gasteiger partial charge in [0.2, 0.25) is 0 Å². The van der Waals surface area contributed by atoms with E-state index in [1.54, 1.807) is 28.9 Å². The highest BCUT2D eigenvalue weighted by Gasteiger charge is 2.18. The third-order valence-corrected chi connectivity index (χ3v) is 4.71. The van der Waals surface area contributed by atoms with Gasteiger partial charge in [-0.3, -0.25) is 4.79 Å². The van der Waals surface area contributed by atoms with Crippen LogP contribution >= 0.6 is 23.2 Å². The van der Waals surface area contributed by atoms with Crippen molar-refractivity contribution < 1.29 is 4.79 Å². The first kappa shape index (κ1) is 18.5. The second-order valence-electron chi connectivity index (χ2n) is 5.90. The normalized spacial score (nSPS) is 10.7. The fourth-order valence-electron chi connectivity index (χ4n) is 2.58. The predicted octanol–water partition coefficient (Wildman–Crippen LogP) is 5.38. The summed E-state index contributed by atoms with van der Waals surface area (Å²) in [5, 5.41) is 8.44. The summed E-state index contributed by atoms with van der Waals surface area (Å²) in [5.74, 6) is -0.167. The fourth-order valence-corrected chi connectivity index (χ4v) is 2.87. The lowest BCUT2D eigenvalue weighted by atomic mass is 10.1. The van der Waals surface area contributed by atoms with Crippen LogP contribution in [0.4, 0.5) is 0 Å². The van der Waals surface area contributed by atoms with Crippen LogP contribution in [0.1, 0.15) is 30.3 Å². The molecule has 3 rings (SSSR count). The Bertz CT molecular complexity index is 907. The Hall–Kier alpha value is -2.30. The summed E-state index contributed by atoms with van der Waals surface area (Å²) in [6.07, 6.45) is 1.94. The van der Waals surface area contributed by atoms with Crippen LogP contribution in [0.2, 0.25) is 10.0 Å². The van der Waals surface area contributed by atoms with Crippen LogP contribution in [0.15, 0.2) is 54.6 Å². The molecule has 0 fully saturated rings. The molecule has 0 radical (unpaired) electrons. The smallest absolute Gasteiger partial charge is 0.270 e. The second-order valence-corrected chi connectivity index (χ2v) is 6.71. The molecule has 0 aliphatic heterocycles. The Kier molecular flexibility index (Phi) is 5.96. The van der Waals surface area contributed by atoms with Gasteiger partial charge in [-0.05, 0) is 30.7 Å². The van der Waals surface area contributed by atoms with E-state index < -0.39 is 0 Å². The van der Waals surface area contributed by atoms with Gasteiger partial charge in [-0.1, -0.05) is 66.9 Å². The minimum atomic E-state index is -0.167. The number of nitrogens with one attached hydrogen (secondary N) is 1. The van der Waals surface area contributed by atoms with Crippen molar-refractivity contribution in [3.8, 4) is 16.9 Å². The number of benzene rings is 2. The molecule has 6 heteroatoms. The van der Waals surface area contributed by atoms with Gasteiger partial charge in [0.15, 0.2) is 0 Å². The van der Waals surface area contributed by atoms with Crippen molar-refractivity contribution >= 4 is 29.1 Å². The van der Waals surface area contributed by atoms with Crippen LogP contribution < -0.4 is 5.32 Å². The largest absolute Gasteiger partial charge is 0.351 e. The van der Waals surface area contributed by atoms with Crippen LogP contribution in [0.25, 0.3) is 16.9 Å². The number of aromatic nitrogens is 2. The van der Waals surface area contributed by atoms with E-state index in [-0.39, 0.29) is 5.91 Å². The molecule has 26 heavy (non-hydrogen) atoms. The third kappa shape index (κ3) is 4.09. The first-order valence-corrected chi connectivity index (χ1v) is 9.25. The third-order valence-electron chi connectivity index (χ3n) is 3.98. The summed E-state index contributed by atoms with van der Waals surface area (Å²) < 4.78 is 1.60. The van der Waals surface area contributed by atoms with Gasteiger partial charge in [0.1, 0.15) is 5.69 Å². The van der Waals surface area contributed by atoms with E-state index in [9.17, 15) is 4.79 Å². The molecule has 1 amide bonds. The van der Waals surface area contributed by atoms with Crippen LogP contribution in [-0.2, 0) is 0 Å². The summed E-state index contributed by atoms with van der Waals surface area (Å²) in [5.41, 5.74) is 2.80. The van der Waals surface area contributed by atoms with Gasteiger partial charge >= 0.3 is 0 Å². The molecule has 1 aromatic heterocycles. The van der Waals surface area contributed by atoms with Gasteiger partial charge in [0, 0.05) is 12.1 Å². The van der Waals surface area contributed by atoms with Gasteiger partial charge in [-0.15, -0.1) is 0 Å². The zero-order valence-electron chi connectivity index (χ0n) is 14.4. The van der Waals surface area contributed by atoms with E-state index in [4.69, 9.17) is 23.2 Å². The molecular formula is C20H19Cl2N3O. The van der Waals surface area contributed by atoms with Crippen molar-refractivity contribution in [3.05, 3.63) is 70.3 Å². The highest BCUT2D eigenvalue weighted by molar-refractivity contribution is 6.42. The standard InChI is InChI=1S/C20H19Cl2N3O/c1-2-3-11-23-20(26)19-13-18(14-7-5-4-6-8-14)24-25(19)15-9-10-16(21)17(22)12-15/h4-10,12-13H,2-3,11H2,1H3,(H,23,26). The number of carbonyl (C=O) groups is 1. The predicted molar refractivity (Wildman–Crippen MR) is 106 cm³/mol. The highest BCUT2D eigenvalue weighted by atomic mass is 35.5. The summed E-state index contributed by atoms with van der Waals surface area (Å²) in [4.78, 5) is 12.7. The van der Waals surface area contributed by atoms with Crippen molar-refractivity contribution in [1.82, 2.24) is 15.1 Å². The molecule has 0 saturated carbocycles. The molecule has 4 nitrogen and oxygen atoms in total. The van der Waals surface area contributed by atoms with E-state index in [1.165, 1.54) is 0 Å². The Labute approximate surface area is 162 Å². The maximum Gasteiger partial charge on any atom is 0.270 e. The van der Waals surface area contributed by atoms with E-state index >= 15 is 0 Å². The maximum absolute atomic E-state index is 12.7. The number of unbranched alkanes of at least 4 members (excludes halogenated alkanes) is 1. The van der Waals surface area contributed by atoms with Crippen molar-refractivity contribution in [3.63, 3.8) is 0 Å². The molecule has 1 heterocycles. The van der Waals surface area contributed by atoms with Gasteiger partial charge in [-0.2, -0.15) is 5.10 Å². The Morgan fingerprint density at radius 2 is 1.85 bits per heavy atom. The van der Waals surface area contributed by atoms with Crippen LogP contribution in [0, 0.1) is 0 Å². The minimum Gasteiger partial charge on any atom is -0.351 e. The lowest BCUT2D eigenvalue weighted by Crippen LogP contribution is -2.26. The summed E-state index contributed by atoms with van der Waals surface area (Å²) >= 11 is 12.2. The molecule has 1 N–H and O–H groups in total. The number of rotatable bonds is 6. The van der Waals surface area contributed by atoms with Crippen molar-refractivity contribution in [2.75, 3.05) is 6.54 Å². The van der Waals surface area contributed by atoms with Gasteiger partial charge < -0.3 is 5.32 Å². The fraction of sp³-hybridized carbons (Fsp3) is 0.200. The molecular weight excluding hydrogens is 369 g/mol. The quantitative estimate of drug-likeness (QED) is 0.577. The zero-order chi connectivity index (χ0) is 18.5. The van der Waals surface area contributed by atoms with E-state index in [1.807, 2.05) is 30.3 Å². The average Bonchev–Trinajstić information content (AvgIpc) is 3.10. The molecule has 2 aromatic carbocycles. The molecule has 0 spiro atoms. The lowest BCUT2D eigenvalue weighted by molar-refractivity contribution is 0.0945. The Morgan fingerprint density at radius 1 is 1.08 bits per heavy atom. The van der Waals surface area contributed by atoms with E-state index in [2.05, 4.69) is 17.3 Å². The van der Waals surface area contributed by atoms with Gasteiger partial charge in [0.25, 0.3) is 5.91 Å². The SMILES string of the molecule is CCCCNC(=O)c1cc(-c2ccccc2)nn1-c1ccc(Cl)c(Cl)c1. The summed E-state index contributed by atoms with van der Waals surface area (Å²) in [6.45, 7) is 2.71. The van der Waals surface area contributed by atoms with Crippen LogP contribution in [0.3, 0.4) is 0 Å². The second kappa shape index (κ2) is 8.39. The molecule has 0 unspecified atom stereocenters. The monoisotopic (exact) mass is 387 g/mol. The number of hydrogen-bond acceptors (Lipinski definition) is 2. The van der Waals surface area contributed by atoms with Crippen LogP contribution in [-0.4, -0.2) is 22.2 Å². The number of halogens is 2. The summed E-state index contributed by atoms with van der Waals surface area (Å²) in [6, 6.07) is 16.7. The van der Waals surface area contributed by atoms with Crippen molar-refractivity contribution in [1.29, 1.82) is 0 Å². The topological polar surface area (TPSA) is 46.9 Å². The lowest BCUT2D eigenvalue weighted by Gasteiger charge is -2.09. The molecule has 0 aliphatic carbocycles. The molecule has 0 atom stereocenters. The van der Waals surface area contributed by atoms with E-state index in [0.717, 1.165) is 24.1 Å². The minimum absolute atomic E-state index is 0.167. The molecule has 0 bridgehead atoms. The highest BCUT2D eigenvalue weighted by Crippen LogP contribution is 2.27. The van der Waals surface area contributed by atoms with Crippen molar-refractivity contribution in [2.45, 2.75) is 19.8 Å². The first-order chi connectivity index (χ1) is 12.6. The Balaban J connectivity index is 2.03. The van der Waals surface area contributed by atoms with Crippen molar-refractivity contribution in [2.24, 2.45) is 0 Å². The molecule has 3 aromatic rings. The maximum atomic E-state index is 12.7. The van der Waals surface area contributed by atoms with Gasteiger partial charge in [0.05, 0.1) is 21.4 Å². The van der Waals surface area contributed by atoms with E-state index in [0.29, 0.717) is 28.0 Å². The molecule has 0 aliphatic rings. The number of amides is 1. The Morgan fingerprint density at radius 3 is 2.54 bits per heavy atom. The molecule has 134 valence electrons. The summed E-state index contributed by atoms with van der Waals surface area (Å²) in [7, 11) is 0. The van der Waals surface area contributed by atoms with Gasteiger partial charge in [-0.25, -0.2) is 4.68 Å².